The van der Waals surface area contributed by atoms with Crippen LogP contribution in [0.1, 0.15) is 22.3 Å². The van der Waals surface area contributed by atoms with Crippen molar-refractivity contribution in [2.75, 3.05) is 10.2 Å². The van der Waals surface area contributed by atoms with Crippen LogP contribution in [0.4, 0.5) is 11.4 Å². The maximum atomic E-state index is 13.4. The zero-order valence-corrected chi connectivity index (χ0v) is 17.7. The van der Waals surface area contributed by atoms with E-state index in [4.69, 9.17) is 11.6 Å². The van der Waals surface area contributed by atoms with Gasteiger partial charge in [0.25, 0.3) is 11.8 Å². The lowest BCUT2D eigenvalue weighted by Gasteiger charge is -2.16. The molecule has 0 spiro atoms. The third-order valence-electron chi connectivity index (χ3n) is 5.24. The summed E-state index contributed by atoms with van der Waals surface area (Å²) in [5, 5.41) is 3.78. The van der Waals surface area contributed by atoms with Crippen LogP contribution in [0.25, 0.3) is 5.57 Å². The summed E-state index contributed by atoms with van der Waals surface area (Å²) in [6.45, 7) is 5.81. The third kappa shape index (κ3) is 3.51. The van der Waals surface area contributed by atoms with Crippen LogP contribution in [-0.2, 0) is 9.59 Å². The molecule has 0 bridgehead atoms. The number of imide groups is 1. The number of benzene rings is 3. The lowest BCUT2D eigenvalue weighted by Crippen LogP contribution is -2.32. The van der Waals surface area contributed by atoms with Crippen molar-refractivity contribution in [3.63, 3.8) is 0 Å². The van der Waals surface area contributed by atoms with Crippen LogP contribution in [-0.4, -0.2) is 11.8 Å². The minimum Gasteiger partial charge on any atom is -0.350 e. The van der Waals surface area contributed by atoms with Gasteiger partial charge in [0, 0.05) is 10.7 Å². The smallest absolute Gasteiger partial charge is 0.282 e. The number of hydrogen-bond donors (Lipinski definition) is 1. The summed E-state index contributed by atoms with van der Waals surface area (Å²) in [4.78, 5) is 28.0. The summed E-state index contributed by atoms with van der Waals surface area (Å²) in [6.07, 6.45) is 0. The number of nitrogens with one attached hydrogen (secondary N) is 1. The number of rotatable bonds is 4. The van der Waals surface area contributed by atoms with E-state index in [2.05, 4.69) is 5.32 Å². The van der Waals surface area contributed by atoms with Crippen molar-refractivity contribution < 1.29 is 9.59 Å². The molecule has 30 heavy (non-hydrogen) atoms. The summed E-state index contributed by atoms with van der Waals surface area (Å²) in [7, 11) is 0. The van der Waals surface area contributed by atoms with Crippen molar-refractivity contribution in [3.8, 4) is 0 Å². The first-order valence-corrected chi connectivity index (χ1v) is 10.0. The number of halogens is 1. The van der Waals surface area contributed by atoms with Gasteiger partial charge in [0.2, 0.25) is 0 Å². The molecule has 0 aromatic heterocycles. The van der Waals surface area contributed by atoms with Gasteiger partial charge in [-0.3, -0.25) is 9.59 Å². The van der Waals surface area contributed by atoms with Crippen molar-refractivity contribution in [3.05, 3.63) is 99.7 Å². The lowest BCUT2D eigenvalue weighted by atomic mass is 10.0. The summed E-state index contributed by atoms with van der Waals surface area (Å²) in [5.74, 6) is -0.742. The molecule has 1 aliphatic heterocycles. The fraction of sp³-hybridized carbons (Fsp3) is 0.120. The van der Waals surface area contributed by atoms with Crippen LogP contribution in [0.15, 0.2) is 72.4 Å². The molecule has 150 valence electrons. The third-order valence-corrected chi connectivity index (χ3v) is 5.65. The molecule has 5 heteroatoms. The van der Waals surface area contributed by atoms with Gasteiger partial charge in [0.05, 0.1) is 11.3 Å². The molecule has 0 saturated carbocycles. The summed E-state index contributed by atoms with van der Waals surface area (Å²) >= 11 is 6.26. The molecule has 0 atom stereocenters. The number of nitrogens with zero attached hydrogens (tertiary/aromatic N) is 1. The van der Waals surface area contributed by atoms with E-state index in [0.29, 0.717) is 27.5 Å². The normalized spacial score (nSPS) is 13.9. The topological polar surface area (TPSA) is 49.4 Å². The molecule has 0 radical (unpaired) electrons. The second kappa shape index (κ2) is 7.81. The van der Waals surface area contributed by atoms with Crippen molar-refractivity contribution in [2.45, 2.75) is 20.8 Å². The molecule has 1 aliphatic rings. The Morgan fingerprint density at radius 2 is 1.37 bits per heavy atom. The van der Waals surface area contributed by atoms with E-state index >= 15 is 0 Å². The maximum Gasteiger partial charge on any atom is 0.282 e. The van der Waals surface area contributed by atoms with Gasteiger partial charge in [-0.15, -0.1) is 0 Å². The predicted octanol–water partition coefficient (Wildman–Crippen LogP) is 5.66. The van der Waals surface area contributed by atoms with E-state index in [1.54, 1.807) is 18.2 Å². The Bertz CT molecular complexity index is 1180. The predicted molar refractivity (Wildman–Crippen MR) is 122 cm³/mol. The first-order valence-electron chi connectivity index (χ1n) is 9.65. The van der Waals surface area contributed by atoms with Crippen LogP contribution >= 0.6 is 11.6 Å². The van der Waals surface area contributed by atoms with E-state index in [9.17, 15) is 9.59 Å². The van der Waals surface area contributed by atoms with E-state index in [1.165, 1.54) is 4.90 Å². The molecule has 0 aliphatic carbocycles. The highest BCUT2D eigenvalue weighted by Crippen LogP contribution is 2.35. The van der Waals surface area contributed by atoms with Gasteiger partial charge in [0.15, 0.2) is 0 Å². The number of carbonyl (C=O) groups is 2. The number of carbonyl (C=O) groups excluding carboxylic acids is 2. The Hall–Kier alpha value is -3.37. The summed E-state index contributed by atoms with van der Waals surface area (Å²) in [5.41, 5.74) is 5.45. The molecular formula is C25H21ClN2O2. The van der Waals surface area contributed by atoms with Gasteiger partial charge in [0.1, 0.15) is 5.70 Å². The zero-order chi connectivity index (χ0) is 21.4. The average Bonchev–Trinajstić information content (AvgIpc) is 2.97. The maximum absolute atomic E-state index is 13.4. The lowest BCUT2D eigenvalue weighted by molar-refractivity contribution is -0.120. The number of hydrogen-bond acceptors (Lipinski definition) is 3. The van der Waals surface area contributed by atoms with Gasteiger partial charge in [-0.25, -0.2) is 4.90 Å². The Morgan fingerprint density at radius 1 is 0.767 bits per heavy atom. The molecule has 0 unspecified atom stereocenters. The Balaban J connectivity index is 1.84. The highest BCUT2D eigenvalue weighted by Gasteiger charge is 2.40. The second-order valence-electron chi connectivity index (χ2n) is 7.43. The minimum atomic E-state index is -0.390. The Kier molecular flexibility index (Phi) is 5.18. The van der Waals surface area contributed by atoms with Crippen LogP contribution in [0.5, 0.6) is 0 Å². The van der Waals surface area contributed by atoms with Gasteiger partial charge >= 0.3 is 0 Å². The molecule has 0 saturated heterocycles. The van der Waals surface area contributed by atoms with Gasteiger partial charge in [-0.1, -0.05) is 65.2 Å². The Labute approximate surface area is 180 Å². The second-order valence-corrected chi connectivity index (χ2v) is 7.84. The van der Waals surface area contributed by atoms with E-state index in [1.807, 2.05) is 69.3 Å². The van der Waals surface area contributed by atoms with E-state index in [-0.39, 0.29) is 17.5 Å². The van der Waals surface area contributed by atoms with Crippen LogP contribution in [0, 0.1) is 20.8 Å². The first-order chi connectivity index (χ1) is 14.4. The number of amides is 2. The molecule has 1 heterocycles. The monoisotopic (exact) mass is 416 g/mol. The van der Waals surface area contributed by atoms with Gasteiger partial charge < -0.3 is 5.32 Å². The van der Waals surface area contributed by atoms with Crippen LogP contribution < -0.4 is 10.2 Å². The molecule has 1 N–H and O–H groups in total. The SMILES string of the molecule is Cc1ccc(C2=C(Nc3cccc(Cl)c3C)C(=O)N(c3ccc(C)cc3)C2=O)cc1. The summed E-state index contributed by atoms with van der Waals surface area (Å²) < 4.78 is 0. The standard InChI is InChI=1S/C25H21ClN2O2/c1-15-7-11-18(12-8-15)22-23(27-21-6-4-5-20(26)17(21)3)25(30)28(24(22)29)19-13-9-16(2)10-14-19/h4-14,27H,1-3H3. The molecule has 3 aromatic carbocycles. The first kappa shape index (κ1) is 19.9. The van der Waals surface area contributed by atoms with Gasteiger partial charge in [-0.2, -0.15) is 0 Å². The number of aryl methyl sites for hydroxylation is 2. The van der Waals surface area contributed by atoms with Crippen molar-refractivity contribution in [2.24, 2.45) is 0 Å². The molecule has 3 aromatic rings. The zero-order valence-electron chi connectivity index (χ0n) is 17.0. The van der Waals surface area contributed by atoms with Crippen LogP contribution in [0.3, 0.4) is 0 Å². The quantitative estimate of drug-likeness (QED) is 0.558. The van der Waals surface area contributed by atoms with Crippen molar-refractivity contribution >= 4 is 40.4 Å². The molecule has 4 rings (SSSR count). The fourth-order valence-electron chi connectivity index (χ4n) is 3.44. The average molecular weight is 417 g/mol. The molecule has 4 nitrogen and oxygen atoms in total. The summed E-state index contributed by atoms with van der Waals surface area (Å²) in [6, 6.07) is 20.3. The fourth-order valence-corrected chi connectivity index (χ4v) is 3.61. The molecular weight excluding hydrogens is 396 g/mol. The largest absolute Gasteiger partial charge is 0.350 e. The molecule has 2 amide bonds. The van der Waals surface area contributed by atoms with E-state index < -0.39 is 0 Å². The van der Waals surface area contributed by atoms with Crippen LogP contribution in [0.2, 0.25) is 5.02 Å². The highest BCUT2D eigenvalue weighted by molar-refractivity contribution is 6.46. The number of anilines is 2. The highest BCUT2D eigenvalue weighted by atomic mass is 35.5. The van der Waals surface area contributed by atoms with Gasteiger partial charge in [-0.05, 0) is 56.2 Å². The minimum absolute atomic E-state index is 0.245. The van der Waals surface area contributed by atoms with Crippen molar-refractivity contribution in [1.82, 2.24) is 0 Å². The van der Waals surface area contributed by atoms with E-state index in [0.717, 1.165) is 16.7 Å². The van der Waals surface area contributed by atoms with Crippen molar-refractivity contribution in [1.29, 1.82) is 0 Å². The Morgan fingerprint density at radius 3 is 2.00 bits per heavy atom. The molecule has 0 fully saturated rings.